The molecule has 0 aliphatic carbocycles. The molecule has 4 nitrogen and oxygen atoms in total. The van der Waals surface area contributed by atoms with Gasteiger partial charge in [0.25, 0.3) is 0 Å². The number of carbonyl (C=O) groups is 1. The molecule has 0 bridgehead atoms. The zero-order valence-electron chi connectivity index (χ0n) is 6.19. The van der Waals surface area contributed by atoms with E-state index >= 15 is 0 Å². The summed E-state index contributed by atoms with van der Waals surface area (Å²) in [5.41, 5.74) is -1.01. The second-order valence-corrected chi connectivity index (χ2v) is 4.79. The monoisotopic (exact) mass is 200 g/mol. The number of carbonyl (C=O) groups excluding carboxylic acids is 1. The zero-order valence-corrected chi connectivity index (χ0v) is 7.84. The van der Waals surface area contributed by atoms with E-state index in [1.165, 1.54) is 13.8 Å². The average molecular weight is 201 g/mol. The van der Waals surface area contributed by atoms with Gasteiger partial charge in [-0.3, -0.25) is 9.36 Å². The fourth-order valence-electron chi connectivity index (χ4n) is 0.481. The lowest BCUT2D eigenvalue weighted by atomic mass is 10.1. The topological polar surface area (TPSA) is 74.6 Å². The van der Waals surface area contributed by atoms with Gasteiger partial charge in [0, 0.05) is 5.92 Å². The summed E-state index contributed by atoms with van der Waals surface area (Å²) in [7, 11) is -4.17. The van der Waals surface area contributed by atoms with Gasteiger partial charge in [-0.15, -0.1) is 0 Å². The van der Waals surface area contributed by atoms with Gasteiger partial charge in [-0.25, -0.2) is 0 Å². The van der Waals surface area contributed by atoms with Crippen LogP contribution in [0.4, 0.5) is 0 Å². The zero-order chi connectivity index (χ0) is 9.23. The maximum atomic E-state index is 10.6. The molecule has 0 aliphatic heterocycles. The molecule has 0 rings (SSSR count). The maximum absolute atomic E-state index is 10.6. The lowest BCUT2D eigenvalue weighted by Gasteiger charge is -2.16. The highest BCUT2D eigenvalue weighted by atomic mass is 35.5. The van der Waals surface area contributed by atoms with Gasteiger partial charge < -0.3 is 9.79 Å². The van der Waals surface area contributed by atoms with Crippen LogP contribution in [-0.4, -0.2) is 20.7 Å². The Morgan fingerprint density at radius 3 is 1.91 bits per heavy atom. The molecule has 2 atom stereocenters. The molecule has 2 N–H and O–H groups in total. The molecule has 0 spiro atoms. The molecule has 0 aromatic heterocycles. The highest BCUT2D eigenvalue weighted by molar-refractivity contribution is 7.52. The van der Waals surface area contributed by atoms with Gasteiger partial charge in [0.05, 0.1) is 5.66 Å². The highest BCUT2D eigenvalue weighted by Gasteiger charge is 2.32. The first-order valence-corrected chi connectivity index (χ1v) is 5.07. The minimum Gasteiger partial charge on any atom is -0.324 e. The van der Waals surface area contributed by atoms with Gasteiger partial charge in [0.2, 0.25) is 5.24 Å². The molecule has 11 heavy (non-hydrogen) atoms. The Bertz CT molecular complexity index is 199. The van der Waals surface area contributed by atoms with E-state index in [2.05, 4.69) is 0 Å². The Balaban J connectivity index is 4.38. The van der Waals surface area contributed by atoms with E-state index in [1.54, 1.807) is 0 Å². The summed E-state index contributed by atoms with van der Waals surface area (Å²) in [6.45, 7) is 2.69. The summed E-state index contributed by atoms with van der Waals surface area (Å²) in [6.07, 6.45) is 0. The fraction of sp³-hybridized carbons (Fsp3) is 0.800. The van der Waals surface area contributed by atoms with Crippen molar-refractivity contribution in [2.45, 2.75) is 19.5 Å². The molecule has 0 aliphatic rings. The Morgan fingerprint density at radius 2 is 1.82 bits per heavy atom. The van der Waals surface area contributed by atoms with Crippen LogP contribution in [0.2, 0.25) is 0 Å². The summed E-state index contributed by atoms with van der Waals surface area (Å²) in [5, 5.41) is -0.721. The first kappa shape index (κ1) is 11.1. The molecule has 0 aromatic rings. The van der Waals surface area contributed by atoms with Crippen molar-refractivity contribution in [2.75, 3.05) is 0 Å². The molecule has 6 heteroatoms. The molecule has 0 heterocycles. The minimum absolute atomic E-state index is 0.721. The SMILES string of the molecule is CC(C(=O)Cl)C(C)P(=O)(O)O. The van der Waals surface area contributed by atoms with Crippen LogP contribution in [0.1, 0.15) is 13.8 Å². The summed E-state index contributed by atoms with van der Waals surface area (Å²) in [4.78, 5) is 27.7. The van der Waals surface area contributed by atoms with E-state index in [0.717, 1.165) is 0 Å². The Morgan fingerprint density at radius 1 is 1.45 bits per heavy atom. The molecule has 0 aromatic carbocycles. The molecule has 66 valence electrons. The first-order valence-electron chi connectivity index (χ1n) is 3.01. The van der Waals surface area contributed by atoms with Crippen molar-refractivity contribution in [2.24, 2.45) is 5.92 Å². The van der Waals surface area contributed by atoms with Crippen LogP contribution >= 0.6 is 19.2 Å². The average Bonchev–Trinajstić information content (AvgIpc) is 1.82. The molecule has 0 amide bonds. The summed E-state index contributed by atoms with van der Waals surface area (Å²) < 4.78 is 10.6. The van der Waals surface area contributed by atoms with E-state index in [-0.39, 0.29) is 0 Å². The minimum atomic E-state index is -4.17. The van der Waals surface area contributed by atoms with Gasteiger partial charge in [-0.05, 0) is 11.6 Å². The molecular formula is C5H10ClO4P. The van der Waals surface area contributed by atoms with E-state index < -0.39 is 24.4 Å². The van der Waals surface area contributed by atoms with E-state index in [9.17, 15) is 9.36 Å². The van der Waals surface area contributed by atoms with Crippen LogP contribution in [0.5, 0.6) is 0 Å². The van der Waals surface area contributed by atoms with Gasteiger partial charge in [0.1, 0.15) is 0 Å². The first-order chi connectivity index (χ1) is 4.76. The second-order valence-electron chi connectivity index (χ2n) is 2.42. The van der Waals surface area contributed by atoms with Gasteiger partial charge >= 0.3 is 7.60 Å². The van der Waals surface area contributed by atoms with E-state index in [0.29, 0.717) is 0 Å². The molecule has 0 saturated heterocycles. The van der Waals surface area contributed by atoms with Crippen molar-refractivity contribution in [1.82, 2.24) is 0 Å². The van der Waals surface area contributed by atoms with Crippen molar-refractivity contribution in [3.63, 3.8) is 0 Å². The number of hydrogen-bond donors (Lipinski definition) is 2. The largest absolute Gasteiger partial charge is 0.329 e. The third-order valence-electron chi connectivity index (χ3n) is 1.61. The highest BCUT2D eigenvalue weighted by Crippen LogP contribution is 2.44. The summed E-state index contributed by atoms with van der Waals surface area (Å²) in [6, 6.07) is 0. The van der Waals surface area contributed by atoms with Crippen LogP contribution in [-0.2, 0) is 9.36 Å². The predicted octanol–water partition coefficient (Wildman–Crippen LogP) is 0.954. The van der Waals surface area contributed by atoms with Crippen LogP contribution < -0.4 is 0 Å². The Hall–Kier alpha value is 0.110. The molecule has 0 fully saturated rings. The number of hydrogen-bond acceptors (Lipinski definition) is 2. The fourth-order valence-corrected chi connectivity index (χ4v) is 1.48. The standard InChI is InChI=1S/C5H10ClO4P/c1-3(5(6)7)4(2)11(8,9)10/h3-4H,1-2H3,(H2,8,9,10). The van der Waals surface area contributed by atoms with Crippen LogP contribution in [0, 0.1) is 5.92 Å². The van der Waals surface area contributed by atoms with Crippen molar-refractivity contribution in [1.29, 1.82) is 0 Å². The molecule has 0 saturated carbocycles. The van der Waals surface area contributed by atoms with Gasteiger partial charge in [-0.1, -0.05) is 13.8 Å². The number of rotatable bonds is 3. The van der Waals surface area contributed by atoms with Crippen LogP contribution in [0.15, 0.2) is 0 Å². The van der Waals surface area contributed by atoms with Crippen LogP contribution in [0.3, 0.4) is 0 Å². The molecule has 0 radical (unpaired) electrons. The Labute approximate surface area is 69.7 Å². The molecule has 2 unspecified atom stereocenters. The predicted molar refractivity (Wildman–Crippen MR) is 41.5 cm³/mol. The molecular weight excluding hydrogens is 190 g/mol. The smallest absolute Gasteiger partial charge is 0.324 e. The lowest BCUT2D eigenvalue weighted by Crippen LogP contribution is -2.19. The summed E-state index contributed by atoms with van der Waals surface area (Å²) in [5.74, 6) is -0.808. The summed E-state index contributed by atoms with van der Waals surface area (Å²) >= 11 is 5.05. The van der Waals surface area contributed by atoms with Crippen molar-refractivity contribution in [3.05, 3.63) is 0 Å². The quantitative estimate of drug-likeness (QED) is 0.526. The third-order valence-corrected chi connectivity index (χ3v) is 3.46. The normalized spacial score (nSPS) is 17.5. The van der Waals surface area contributed by atoms with Crippen LogP contribution in [0.25, 0.3) is 0 Å². The second kappa shape index (κ2) is 3.68. The van der Waals surface area contributed by atoms with Gasteiger partial charge in [0.15, 0.2) is 0 Å². The Kier molecular flexibility index (Phi) is 3.71. The van der Waals surface area contributed by atoms with E-state index in [4.69, 9.17) is 21.4 Å². The third kappa shape index (κ3) is 3.34. The van der Waals surface area contributed by atoms with Crippen molar-refractivity contribution in [3.8, 4) is 0 Å². The van der Waals surface area contributed by atoms with Gasteiger partial charge in [-0.2, -0.15) is 0 Å². The number of halogens is 1. The maximum Gasteiger partial charge on any atom is 0.329 e. The van der Waals surface area contributed by atoms with Crippen molar-refractivity contribution >= 4 is 24.4 Å². The van der Waals surface area contributed by atoms with Crippen molar-refractivity contribution < 1.29 is 19.1 Å². The lowest BCUT2D eigenvalue weighted by molar-refractivity contribution is -0.114. The van der Waals surface area contributed by atoms with E-state index in [1.807, 2.05) is 0 Å².